The minimum absolute atomic E-state index is 0.0694. The lowest BCUT2D eigenvalue weighted by Crippen LogP contribution is -2.09. The van der Waals surface area contributed by atoms with Crippen molar-refractivity contribution in [1.29, 1.82) is 0 Å². The van der Waals surface area contributed by atoms with E-state index in [2.05, 4.69) is 4.98 Å². The zero-order valence-electron chi connectivity index (χ0n) is 6.46. The van der Waals surface area contributed by atoms with Crippen LogP contribution in [0, 0.1) is 0 Å². The van der Waals surface area contributed by atoms with Gasteiger partial charge in [0.25, 0.3) is 0 Å². The topological polar surface area (TPSA) is 56.0 Å². The predicted molar refractivity (Wildman–Crippen MR) is 47.2 cm³/mol. The summed E-state index contributed by atoms with van der Waals surface area (Å²) in [6.07, 6.45) is 1.82. The maximum Gasteiger partial charge on any atom is 0.182 e. The highest BCUT2D eigenvalue weighted by Crippen LogP contribution is 2.08. The first kappa shape index (κ1) is 9.16. The van der Waals surface area contributed by atoms with Gasteiger partial charge in [0.2, 0.25) is 0 Å². The van der Waals surface area contributed by atoms with Gasteiger partial charge in [-0.15, -0.1) is 0 Å². The maximum atomic E-state index is 11.2. The van der Waals surface area contributed by atoms with Crippen molar-refractivity contribution < 1.29 is 4.79 Å². The standard InChI is InChI=1S/C8H9ClN2O/c9-6-2-4-11-7(5-6)8(12)1-3-10/h2,4-5H,1,3,10H2. The van der Waals surface area contributed by atoms with Crippen LogP contribution in [0.15, 0.2) is 18.3 Å². The Morgan fingerprint density at radius 3 is 3.00 bits per heavy atom. The average Bonchev–Trinajstić information content (AvgIpc) is 2.05. The van der Waals surface area contributed by atoms with E-state index in [-0.39, 0.29) is 5.78 Å². The Hall–Kier alpha value is -0.930. The van der Waals surface area contributed by atoms with E-state index in [1.54, 1.807) is 12.1 Å². The molecule has 0 aromatic carbocycles. The fraction of sp³-hybridized carbons (Fsp3) is 0.250. The van der Waals surface area contributed by atoms with Gasteiger partial charge in [0.05, 0.1) is 0 Å². The third kappa shape index (κ3) is 2.29. The molecule has 0 spiro atoms. The number of nitrogens with zero attached hydrogens (tertiary/aromatic N) is 1. The number of pyridine rings is 1. The summed E-state index contributed by atoms with van der Waals surface area (Å²) in [5.74, 6) is -0.0694. The minimum atomic E-state index is -0.0694. The van der Waals surface area contributed by atoms with E-state index >= 15 is 0 Å². The average molecular weight is 185 g/mol. The molecule has 2 N–H and O–H groups in total. The molecule has 0 radical (unpaired) electrons. The molecule has 0 aliphatic carbocycles. The second kappa shape index (κ2) is 4.18. The van der Waals surface area contributed by atoms with Crippen molar-refractivity contribution in [2.45, 2.75) is 6.42 Å². The van der Waals surface area contributed by atoms with Crippen molar-refractivity contribution in [2.75, 3.05) is 6.54 Å². The van der Waals surface area contributed by atoms with Crippen LogP contribution in [0.25, 0.3) is 0 Å². The molecule has 0 amide bonds. The largest absolute Gasteiger partial charge is 0.330 e. The molecule has 0 saturated heterocycles. The molecule has 1 aromatic heterocycles. The summed E-state index contributed by atoms with van der Waals surface area (Å²) in [5.41, 5.74) is 5.61. The summed E-state index contributed by atoms with van der Waals surface area (Å²) in [5, 5.41) is 0.519. The molecule has 3 nitrogen and oxygen atoms in total. The molecule has 0 atom stereocenters. The van der Waals surface area contributed by atoms with E-state index in [1.165, 1.54) is 6.20 Å². The molecule has 0 aliphatic heterocycles. The zero-order chi connectivity index (χ0) is 8.97. The molecule has 0 bridgehead atoms. The molecular weight excluding hydrogens is 176 g/mol. The van der Waals surface area contributed by atoms with Crippen LogP contribution in [-0.2, 0) is 0 Å². The summed E-state index contributed by atoms with van der Waals surface area (Å²) in [6, 6.07) is 3.17. The molecule has 1 heterocycles. The Labute approximate surface area is 75.6 Å². The molecule has 0 saturated carbocycles. The first-order valence-corrected chi connectivity index (χ1v) is 3.96. The van der Waals surface area contributed by atoms with Crippen molar-refractivity contribution in [1.82, 2.24) is 4.98 Å². The highest BCUT2D eigenvalue weighted by Gasteiger charge is 2.05. The van der Waals surface area contributed by atoms with Crippen LogP contribution in [0.2, 0.25) is 5.02 Å². The second-order valence-electron chi connectivity index (χ2n) is 2.32. The SMILES string of the molecule is NCCC(=O)c1cc(Cl)ccn1. The highest BCUT2D eigenvalue weighted by atomic mass is 35.5. The minimum Gasteiger partial charge on any atom is -0.330 e. The lowest BCUT2D eigenvalue weighted by molar-refractivity contribution is 0.0980. The first-order chi connectivity index (χ1) is 5.74. The summed E-state index contributed by atoms with van der Waals surface area (Å²) < 4.78 is 0. The zero-order valence-corrected chi connectivity index (χ0v) is 7.21. The Morgan fingerprint density at radius 2 is 2.42 bits per heavy atom. The van der Waals surface area contributed by atoms with Gasteiger partial charge in [0, 0.05) is 17.6 Å². The third-order valence-electron chi connectivity index (χ3n) is 1.38. The number of nitrogens with two attached hydrogens (primary N) is 1. The third-order valence-corrected chi connectivity index (χ3v) is 1.61. The molecule has 1 rings (SSSR count). The molecule has 0 fully saturated rings. The van der Waals surface area contributed by atoms with Crippen LogP contribution in [0.1, 0.15) is 16.9 Å². The lowest BCUT2D eigenvalue weighted by Gasteiger charge is -1.97. The summed E-state index contributed by atoms with van der Waals surface area (Å²) in [7, 11) is 0. The number of ketones is 1. The maximum absolute atomic E-state index is 11.2. The van der Waals surface area contributed by atoms with Gasteiger partial charge in [0.1, 0.15) is 5.69 Å². The number of hydrogen-bond donors (Lipinski definition) is 1. The van der Waals surface area contributed by atoms with Crippen molar-refractivity contribution in [3.05, 3.63) is 29.0 Å². The van der Waals surface area contributed by atoms with Crippen LogP contribution in [-0.4, -0.2) is 17.3 Å². The van der Waals surface area contributed by atoms with Gasteiger partial charge in [-0.1, -0.05) is 11.6 Å². The van der Waals surface area contributed by atoms with Crippen LogP contribution in [0.3, 0.4) is 0 Å². The lowest BCUT2D eigenvalue weighted by atomic mass is 10.2. The number of hydrogen-bond acceptors (Lipinski definition) is 3. The Kier molecular flexibility index (Phi) is 3.19. The van der Waals surface area contributed by atoms with Gasteiger partial charge in [-0.3, -0.25) is 9.78 Å². The van der Waals surface area contributed by atoms with Gasteiger partial charge < -0.3 is 5.73 Å². The smallest absolute Gasteiger partial charge is 0.182 e. The van der Waals surface area contributed by atoms with Crippen molar-refractivity contribution >= 4 is 17.4 Å². The van der Waals surface area contributed by atoms with Gasteiger partial charge in [-0.25, -0.2) is 0 Å². The Balaban J connectivity index is 2.81. The number of rotatable bonds is 3. The Morgan fingerprint density at radius 1 is 1.67 bits per heavy atom. The first-order valence-electron chi connectivity index (χ1n) is 3.59. The van der Waals surface area contributed by atoms with Crippen LogP contribution in [0.4, 0.5) is 0 Å². The molecule has 0 aliphatic rings. The van der Waals surface area contributed by atoms with Crippen LogP contribution >= 0.6 is 11.6 Å². The fourth-order valence-electron chi connectivity index (χ4n) is 0.816. The molecule has 12 heavy (non-hydrogen) atoms. The van der Waals surface area contributed by atoms with Crippen molar-refractivity contribution in [2.24, 2.45) is 5.73 Å². The second-order valence-corrected chi connectivity index (χ2v) is 2.76. The van der Waals surface area contributed by atoms with Crippen molar-refractivity contribution in [3.63, 3.8) is 0 Å². The van der Waals surface area contributed by atoms with E-state index in [9.17, 15) is 4.79 Å². The van der Waals surface area contributed by atoms with E-state index in [0.29, 0.717) is 23.7 Å². The van der Waals surface area contributed by atoms with Gasteiger partial charge in [0.15, 0.2) is 5.78 Å². The number of carbonyl (C=O) groups is 1. The van der Waals surface area contributed by atoms with E-state index in [1.807, 2.05) is 0 Å². The molecular formula is C8H9ClN2O. The Bertz CT molecular complexity index is 288. The van der Waals surface area contributed by atoms with E-state index in [4.69, 9.17) is 17.3 Å². The molecule has 0 unspecified atom stereocenters. The molecule has 64 valence electrons. The highest BCUT2D eigenvalue weighted by molar-refractivity contribution is 6.30. The monoisotopic (exact) mass is 184 g/mol. The van der Waals surface area contributed by atoms with Crippen molar-refractivity contribution in [3.8, 4) is 0 Å². The van der Waals surface area contributed by atoms with E-state index < -0.39 is 0 Å². The molecule has 4 heteroatoms. The van der Waals surface area contributed by atoms with Crippen LogP contribution in [0.5, 0.6) is 0 Å². The normalized spacial score (nSPS) is 9.83. The van der Waals surface area contributed by atoms with Gasteiger partial charge in [-0.05, 0) is 18.7 Å². The summed E-state index contributed by atoms with van der Waals surface area (Å²) in [4.78, 5) is 15.1. The number of aromatic nitrogens is 1. The van der Waals surface area contributed by atoms with Crippen LogP contribution < -0.4 is 5.73 Å². The predicted octanol–water partition coefficient (Wildman–Crippen LogP) is 1.27. The van der Waals surface area contributed by atoms with E-state index in [0.717, 1.165) is 0 Å². The fourth-order valence-corrected chi connectivity index (χ4v) is 0.976. The number of carbonyl (C=O) groups excluding carboxylic acids is 1. The van der Waals surface area contributed by atoms with Gasteiger partial charge >= 0.3 is 0 Å². The summed E-state index contributed by atoms with van der Waals surface area (Å²) in [6.45, 7) is 0.340. The molecule has 1 aromatic rings. The number of halogens is 1. The summed E-state index contributed by atoms with van der Waals surface area (Å²) >= 11 is 5.67. The van der Waals surface area contributed by atoms with Gasteiger partial charge in [-0.2, -0.15) is 0 Å². The quantitative estimate of drug-likeness (QED) is 0.720. The number of Topliss-reactive ketones (excluding diaryl/α,β-unsaturated/α-hetero) is 1.